The van der Waals surface area contributed by atoms with Gasteiger partial charge in [0.25, 0.3) is 0 Å². The Bertz CT molecular complexity index is 808. The highest BCUT2D eigenvalue weighted by molar-refractivity contribution is 5.76. The molecule has 20 heavy (non-hydrogen) atoms. The molecule has 0 atom stereocenters. The maximum Gasteiger partial charge on any atom is 0.346 e. The van der Waals surface area contributed by atoms with Crippen molar-refractivity contribution in [2.45, 2.75) is 13.5 Å². The van der Waals surface area contributed by atoms with E-state index >= 15 is 0 Å². The minimum atomic E-state index is -0.390. The van der Waals surface area contributed by atoms with Crippen molar-refractivity contribution < 1.29 is 9.15 Å². The average molecular weight is 267 g/mol. The van der Waals surface area contributed by atoms with Gasteiger partial charge in [-0.1, -0.05) is 24.3 Å². The van der Waals surface area contributed by atoms with Crippen LogP contribution >= 0.6 is 0 Å². The van der Waals surface area contributed by atoms with Gasteiger partial charge < -0.3 is 9.15 Å². The fourth-order valence-corrected chi connectivity index (χ4v) is 1.97. The van der Waals surface area contributed by atoms with Crippen molar-refractivity contribution in [1.82, 2.24) is 4.98 Å². The van der Waals surface area contributed by atoms with Gasteiger partial charge in [0.15, 0.2) is 6.61 Å². The Hall–Kier alpha value is -2.62. The van der Waals surface area contributed by atoms with Gasteiger partial charge in [0.1, 0.15) is 5.75 Å². The molecule has 0 aliphatic rings. The summed E-state index contributed by atoms with van der Waals surface area (Å²) in [6, 6.07) is 14.8. The van der Waals surface area contributed by atoms with E-state index in [1.165, 1.54) is 0 Å². The number of benzene rings is 2. The normalized spacial score (nSPS) is 10.7. The fraction of sp³-hybridized carbons (Fsp3) is 0.125. The number of aromatic nitrogens is 1. The van der Waals surface area contributed by atoms with Crippen molar-refractivity contribution in [3.63, 3.8) is 0 Å². The maximum absolute atomic E-state index is 11.8. The molecule has 1 heterocycles. The van der Waals surface area contributed by atoms with Crippen LogP contribution in [0.15, 0.2) is 57.7 Å². The number of hydrogen-bond donors (Lipinski definition) is 0. The van der Waals surface area contributed by atoms with Crippen LogP contribution in [0.1, 0.15) is 11.5 Å². The topological polar surface area (TPSA) is 52.3 Å². The summed E-state index contributed by atoms with van der Waals surface area (Å²) in [5.41, 5.74) is 1.33. The number of para-hydroxylation sites is 1. The Morgan fingerprint density at radius 2 is 2.00 bits per heavy atom. The summed E-state index contributed by atoms with van der Waals surface area (Å²) in [6.07, 6.45) is 0. The van der Waals surface area contributed by atoms with Gasteiger partial charge in [-0.15, -0.1) is 0 Å². The summed E-state index contributed by atoms with van der Waals surface area (Å²) in [5, 5.41) is 0.479. The van der Waals surface area contributed by atoms with Gasteiger partial charge in [-0.3, -0.25) is 0 Å². The third-order valence-electron chi connectivity index (χ3n) is 2.93. The van der Waals surface area contributed by atoms with Crippen LogP contribution in [0, 0.1) is 6.92 Å². The summed E-state index contributed by atoms with van der Waals surface area (Å²) < 4.78 is 10.7. The fourth-order valence-electron chi connectivity index (χ4n) is 1.97. The Labute approximate surface area is 115 Å². The zero-order valence-electron chi connectivity index (χ0n) is 11.0. The van der Waals surface area contributed by atoms with Gasteiger partial charge in [-0.25, -0.2) is 9.78 Å². The summed E-state index contributed by atoms with van der Waals surface area (Å²) in [6.45, 7) is 2.12. The molecule has 0 N–H and O–H groups in total. The molecular formula is C16H13NO3. The highest BCUT2D eigenvalue weighted by Crippen LogP contribution is 2.14. The van der Waals surface area contributed by atoms with Crippen LogP contribution in [-0.4, -0.2) is 4.98 Å². The van der Waals surface area contributed by atoms with Crippen molar-refractivity contribution in [2.75, 3.05) is 0 Å². The van der Waals surface area contributed by atoms with E-state index in [2.05, 4.69) is 4.98 Å². The monoisotopic (exact) mass is 267 g/mol. The quantitative estimate of drug-likeness (QED) is 0.731. The van der Waals surface area contributed by atoms with Crippen LogP contribution in [0.25, 0.3) is 10.9 Å². The SMILES string of the molecule is Cc1cccc(OCc2nc3ccccc3c(=O)o2)c1. The second-order valence-electron chi connectivity index (χ2n) is 4.52. The predicted molar refractivity (Wildman–Crippen MR) is 75.8 cm³/mol. The van der Waals surface area contributed by atoms with E-state index in [1.807, 2.05) is 37.3 Å². The summed E-state index contributed by atoms with van der Waals surface area (Å²) in [5.74, 6) is 0.998. The predicted octanol–water partition coefficient (Wildman–Crippen LogP) is 3.08. The third kappa shape index (κ3) is 2.54. The lowest BCUT2D eigenvalue weighted by Gasteiger charge is -2.05. The van der Waals surface area contributed by atoms with Crippen LogP contribution in [0.2, 0.25) is 0 Å². The molecule has 0 radical (unpaired) electrons. The Morgan fingerprint density at radius 1 is 1.15 bits per heavy atom. The zero-order valence-corrected chi connectivity index (χ0v) is 11.0. The van der Waals surface area contributed by atoms with Gasteiger partial charge in [0.05, 0.1) is 10.9 Å². The Morgan fingerprint density at radius 3 is 2.85 bits per heavy atom. The second kappa shape index (κ2) is 5.17. The molecule has 0 fully saturated rings. The lowest BCUT2D eigenvalue weighted by Crippen LogP contribution is -2.07. The number of rotatable bonds is 3. The van der Waals surface area contributed by atoms with Gasteiger partial charge >= 0.3 is 5.63 Å². The molecule has 0 aliphatic carbocycles. The van der Waals surface area contributed by atoms with Crippen molar-refractivity contribution in [3.05, 3.63) is 70.4 Å². The second-order valence-corrected chi connectivity index (χ2v) is 4.52. The standard InChI is InChI=1S/C16H13NO3/c1-11-5-4-6-12(9-11)19-10-15-17-14-8-3-2-7-13(14)16(18)20-15/h2-9H,10H2,1H3. The van der Waals surface area contributed by atoms with E-state index in [0.717, 1.165) is 11.3 Å². The van der Waals surface area contributed by atoms with Crippen LogP contribution in [-0.2, 0) is 6.61 Å². The zero-order chi connectivity index (χ0) is 13.9. The Balaban J connectivity index is 1.86. The first-order chi connectivity index (χ1) is 9.72. The van der Waals surface area contributed by atoms with Gasteiger partial charge in [0.2, 0.25) is 5.89 Å². The summed E-state index contributed by atoms with van der Waals surface area (Å²) >= 11 is 0. The number of hydrogen-bond acceptors (Lipinski definition) is 4. The number of nitrogens with zero attached hydrogens (tertiary/aromatic N) is 1. The van der Waals surface area contributed by atoms with Gasteiger partial charge in [-0.05, 0) is 36.8 Å². The first kappa shape index (κ1) is 12.4. The highest BCUT2D eigenvalue weighted by atomic mass is 16.5. The minimum Gasteiger partial charge on any atom is -0.484 e. The number of fused-ring (bicyclic) bond motifs is 1. The summed E-state index contributed by atoms with van der Waals surface area (Å²) in [4.78, 5) is 16.1. The molecule has 0 unspecified atom stereocenters. The van der Waals surface area contributed by atoms with Crippen molar-refractivity contribution >= 4 is 10.9 Å². The van der Waals surface area contributed by atoms with Crippen LogP contribution in [0.5, 0.6) is 5.75 Å². The molecule has 3 aromatic rings. The molecule has 3 rings (SSSR count). The Kier molecular flexibility index (Phi) is 3.21. The van der Waals surface area contributed by atoms with Crippen LogP contribution in [0.4, 0.5) is 0 Å². The lowest BCUT2D eigenvalue weighted by atomic mass is 10.2. The average Bonchev–Trinajstić information content (AvgIpc) is 2.45. The van der Waals surface area contributed by atoms with E-state index in [-0.39, 0.29) is 12.5 Å². The molecule has 0 bridgehead atoms. The first-order valence-electron chi connectivity index (χ1n) is 6.30. The molecule has 0 amide bonds. The number of ether oxygens (including phenoxy) is 1. The van der Waals surface area contributed by atoms with Crippen molar-refractivity contribution in [3.8, 4) is 5.75 Å². The molecule has 0 saturated heterocycles. The van der Waals surface area contributed by atoms with Gasteiger partial charge in [-0.2, -0.15) is 0 Å². The van der Waals surface area contributed by atoms with E-state index in [0.29, 0.717) is 10.9 Å². The third-order valence-corrected chi connectivity index (χ3v) is 2.93. The van der Waals surface area contributed by atoms with Crippen LogP contribution < -0.4 is 10.4 Å². The van der Waals surface area contributed by atoms with E-state index in [9.17, 15) is 4.79 Å². The molecule has 2 aromatic carbocycles. The highest BCUT2D eigenvalue weighted by Gasteiger charge is 2.06. The van der Waals surface area contributed by atoms with E-state index < -0.39 is 5.63 Å². The lowest BCUT2D eigenvalue weighted by molar-refractivity contribution is 0.253. The van der Waals surface area contributed by atoms with Crippen molar-refractivity contribution in [1.29, 1.82) is 0 Å². The summed E-state index contributed by atoms with van der Waals surface area (Å²) in [7, 11) is 0. The van der Waals surface area contributed by atoms with Crippen molar-refractivity contribution in [2.24, 2.45) is 0 Å². The smallest absolute Gasteiger partial charge is 0.346 e. The molecule has 1 aromatic heterocycles. The molecule has 100 valence electrons. The first-order valence-corrected chi connectivity index (χ1v) is 6.30. The molecular weight excluding hydrogens is 254 g/mol. The van der Waals surface area contributed by atoms with Gasteiger partial charge in [0, 0.05) is 0 Å². The molecule has 0 aliphatic heterocycles. The molecule has 0 saturated carbocycles. The molecule has 0 spiro atoms. The van der Waals surface area contributed by atoms with Crippen LogP contribution in [0.3, 0.4) is 0 Å². The largest absolute Gasteiger partial charge is 0.484 e. The minimum absolute atomic E-state index is 0.128. The van der Waals surface area contributed by atoms with E-state index in [1.54, 1.807) is 18.2 Å². The van der Waals surface area contributed by atoms with E-state index in [4.69, 9.17) is 9.15 Å². The maximum atomic E-state index is 11.8. The number of aryl methyl sites for hydroxylation is 1. The molecule has 4 heteroatoms. The molecule has 4 nitrogen and oxygen atoms in total.